The molecule has 21 heavy (non-hydrogen) atoms. The maximum Gasteiger partial charge on any atom is 0.0500 e. The second kappa shape index (κ2) is 7.06. The van der Waals surface area contributed by atoms with Crippen LogP contribution in [0.2, 0.25) is 0 Å². The fourth-order valence-electron chi connectivity index (χ4n) is 3.35. The van der Waals surface area contributed by atoms with E-state index < -0.39 is 0 Å². The summed E-state index contributed by atoms with van der Waals surface area (Å²) >= 11 is 0. The highest BCUT2D eigenvalue weighted by Crippen LogP contribution is 2.24. The maximum atomic E-state index is 9.76. The number of benzene rings is 2. The van der Waals surface area contributed by atoms with Crippen LogP contribution in [0.4, 0.5) is 0 Å². The predicted octanol–water partition coefficient (Wildman–Crippen LogP) is 3.79. The third-order valence-electron chi connectivity index (χ3n) is 4.71. The van der Waals surface area contributed by atoms with Crippen molar-refractivity contribution in [2.75, 3.05) is 26.2 Å². The van der Waals surface area contributed by atoms with Crippen LogP contribution in [0.3, 0.4) is 0 Å². The first kappa shape index (κ1) is 14.6. The highest BCUT2D eigenvalue weighted by Gasteiger charge is 2.15. The topological polar surface area (TPSA) is 23.5 Å². The molecule has 1 atom stereocenters. The van der Waals surface area contributed by atoms with Crippen molar-refractivity contribution in [3.8, 4) is 0 Å². The number of aliphatic hydroxyl groups excluding tert-OH is 1. The normalized spacial score (nSPS) is 18.0. The second-order valence-corrected chi connectivity index (χ2v) is 6.18. The molecule has 3 rings (SSSR count). The average Bonchev–Trinajstić information content (AvgIpc) is 2.56. The van der Waals surface area contributed by atoms with E-state index >= 15 is 0 Å². The highest BCUT2D eigenvalue weighted by atomic mass is 16.3. The Morgan fingerprint density at radius 1 is 0.952 bits per heavy atom. The van der Waals surface area contributed by atoms with Gasteiger partial charge in [-0.15, -0.1) is 0 Å². The van der Waals surface area contributed by atoms with Crippen LogP contribution >= 0.6 is 0 Å². The van der Waals surface area contributed by atoms with E-state index in [9.17, 15) is 5.11 Å². The van der Waals surface area contributed by atoms with Gasteiger partial charge in [0.15, 0.2) is 0 Å². The predicted molar refractivity (Wildman–Crippen MR) is 88.7 cm³/mol. The van der Waals surface area contributed by atoms with Gasteiger partial charge in [0, 0.05) is 12.5 Å². The van der Waals surface area contributed by atoms with Crippen molar-refractivity contribution in [1.29, 1.82) is 0 Å². The number of hydrogen-bond acceptors (Lipinski definition) is 2. The Balaban J connectivity index is 1.68. The van der Waals surface area contributed by atoms with Gasteiger partial charge in [-0.1, -0.05) is 48.9 Å². The molecule has 0 aromatic heterocycles. The van der Waals surface area contributed by atoms with E-state index in [-0.39, 0.29) is 12.5 Å². The van der Waals surface area contributed by atoms with Crippen molar-refractivity contribution >= 4 is 10.8 Å². The molecule has 1 aliphatic heterocycles. The van der Waals surface area contributed by atoms with E-state index in [1.54, 1.807) is 0 Å². The number of fused-ring (bicyclic) bond motifs is 1. The molecule has 0 bridgehead atoms. The molecule has 2 aromatic rings. The monoisotopic (exact) mass is 283 g/mol. The first-order valence-corrected chi connectivity index (χ1v) is 8.19. The van der Waals surface area contributed by atoms with Crippen molar-refractivity contribution in [2.24, 2.45) is 0 Å². The average molecular weight is 283 g/mol. The first-order chi connectivity index (χ1) is 10.4. The summed E-state index contributed by atoms with van der Waals surface area (Å²) in [7, 11) is 0. The van der Waals surface area contributed by atoms with Gasteiger partial charge in [0.25, 0.3) is 0 Å². The van der Waals surface area contributed by atoms with Gasteiger partial charge < -0.3 is 10.0 Å². The molecule has 0 spiro atoms. The molecule has 0 radical (unpaired) electrons. The molecule has 1 aliphatic rings. The Morgan fingerprint density at radius 2 is 1.71 bits per heavy atom. The summed E-state index contributed by atoms with van der Waals surface area (Å²) in [4.78, 5) is 2.55. The van der Waals surface area contributed by atoms with Crippen molar-refractivity contribution in [3.63, 3.8) is 0 Å². The van der Waals surface area contributed by atoms with Crippen LogP contribution in [0.15, 0.2) is 42.5 Å². The zero-order valence-electron chi connectivity index (χ0n) is 12.7. The van der Waals surface area contributed by atoms with Crippen LogP contribution in [0, 0.1) is 0 Å². The van der Waals surface area contributed by atoms with Crippen LogP contribution in [-0.4, -0.2) is 36.2 Å². The van der Waals surface area contributed by atoms with Gasteiger partial charge in [-0.05, 0) is 55.2 Å². The Kier molecular flexibility index (Phi) is 4.89. The van der Waals surface area contributed by atoms with Crippen molar-refractivity contribution < 1.29 is 5.11 Å². The molecule has 1 fully saturated rings. The van der Waals surface area contributed by atoms with Crippen LogP contribution in [0.1, 0.15) is 37.2 Å². The van der Waals surface area contributed by atoms with Gasteiger partial charge in [-0.3, -0.25) is 0 Å². The van der Waals surface area contributed by atoms with Crippen molar-refractivity contribution in [2.45, 2.75) is 31.6 Å². The molecule has 112 valence electrons. The summed E-state index contributed by atoms with van der Waals surface area (Å²) in [6.45, 7) is 3.82. The van der Waals surface area contributed by atoms with Crippen LogP contribution in [-0.2, 0) is 0 Å². The minimum Gasteiger partial charge on any atom is -0.396 e. The molecule has 1 N–H and O–H groups in total. The number of nitrogens with zero attached hydrogens (tertiary/aromatic N) is 1. The Labute approximate surface area is 127 Å². The van der Waals surface area contributed by atoms with E-state index in [0.717, 1.165) is 13.0 Å². The lowest BCUT2D eigenvalue weighted by Crippen LogP contribution is -2.31. The summed E-state index contributed by atoms with van der Waals surface area (Å²) in [6, 6.07) is 15.0. The van der Waals surface area contributed by atoms with Gasteiger partial charge in [0.2, 0.25) is 0 Å². The quantitative estimate of drug-likeness (QED) is 0.902. The third-order valence-corrected chi connectivity index (χ3v) is 4.71. The first-order valence-electron chi connectivity index (χ1n) is 8.19. The number of likely N-dealkylation sites (tertiary alicyclic amines) is 1. The fraction of sp³-hybridized carbons (Fsp3) is 0.474. The SMILES string of the molecule is OCC(CCN1CCCCC1)c1ccc2ccccc2c1. The number of rotatable bonds is 5. The van der Waals surface area contributed by atoms with E-state index in [1.165, 1.54) is 48.7 Å². The van der Waals surface area contributed by atoms with E-state index in [4.69, 9.17) is 0 Å². The molecule has 2 heteroatoms. The zero-order chi connectivity index (χ0) is 14.5. The largest absolute Gasteiger partial charge is 0.396 e. The van der Waals surface area contributed by atoms with Gasteiger partial charge in [-0.2, -0.15) is 0 Å². The zero-order valence-corrected chi connectivity index (χ0v) is 12.7. The molecule has 2 nitrogen and oxygen atoms in total. The molecule has 2 aromatic carbocycles. The summed E-state index contributed by atoms with van der Waals surface area (Å²) in [5.41, 5.74) is 1.27. The van der Waals surface area contributed by atoms with Crippen molar-refractivity contribution in [1.82, 2.24) is 4.90 Å². The molecular weight excluding hydrogens is 258 g/mol. The van der Waals surface area contributed by atoms with Crippen LogP contribution < -0.4 is 0 Å². The van der Waals surface area contributed by atoms with Gasteiger partial charge in [0.1, 0.15) is 0 Å². The lowest BCUT2D eigenvalue weighted by molar-refractivity contribution is 0.200. The second-order valence-electron chi connectivity index (χ2n) is 6.18. The molecule has 1 heterocycles. The van der Waals surface area contributed by atoms with Gasteiger partial charge in [-0.25, -0.2) is 0 Å². The molecular formula is C19H25NO. The fourth-order valence-corrected chi connectivity index (χ4v) is 3.35. The third kappa shape index (κ3) is 3.63. The number of aliphatic hydroxyl groups is 1. The Hall–Kier alpha value is -1.38. The lowest BCUT2D eigenvalue weighted by Gasteiger charge is -2.28. The van der Waals surface area contributed by atoms with Crippen LogP contribution in [0.5, 0.6) is 0 Å². The highest BCUT2D eigenvalue weighted by molar-refractivity contribution is 5.83. The number of hydrogen-bond donors (Lipinski definition) is 1. The molecule has 0 aliphatic carbocycles. The summed E-state index contributed by atoms with van der Waals surface area (Å²) in [5, 5.41) is 12.3. The van der Waals surface area contributed by atoms with E-state index in [2.05, 4.69) is 47.4 Å². The minimum atomic E-state index is 0.242. The molecule has 0 saturated carbocycles. The molecule has 0 amide bonds. The Bertz CT molecular complexity index is 575. The van der Waals surface area contributed by atoms with Crippen LogP contribution in [0.25, 0.3) is 10.8 Å². The minimum absolute atomic E-state index is 0.242. The summed E-state index contributed by atoms with van der Waals surface area (Å²) in [5.74, 6) is 0.261. The van der Waals surface area contributed by atoms with Gasteiger partial charge in [0.05, 0.1) is 0 Å². The smallest absolute Gasteiger partial charge is 0.0500 e. The molecule has 1 unspecified atom stereocenters. The molecule has 1 saturated heterocycles. The summed E-state index contributed by atoms with van der Waals surface area (Å²) in [6.07, 6.45) is 5.10. The lowest BCUT2D eigenvalue weighted by atomic mass is 9.94. The van der Waals surface area contributed by atoms with E-state index in [0.29, 0.717) is 0 Å². The standard InChI is InChI=1S/C19H25NO/c21-15-19(10-13-20-11-4-1-5-12-20)18-9-8-16-6-2-3-7-17(16)14-18/h2-3,6-9,14,19,21H,1,4-5,10-13,15H2. The van der Waals surface area contributed by atoms with Gasteiger partial charge >= 0.3 is 0 Å². The summed E-state index contributed by atoms with van der Waals surface area (Å²) < 4.78 is 0. The Morgan fingerprint density at radius 3 is 2.48 bits per heavy atom. The number of piperidine rings is 1. The maximum absolute atomic E-state index is 9.76. The van der Waals surface area contributed by atoms with Crippen molar-refractivity contribution in [3.05, 3.63) is 48.0 Å². The van der Waals surface area contributed by atoms with E-state index in [1.807, 2.05) is 0 Å².